The topological polar surface area (TPSA) is 57.7 Å². The molecule has 7 heteroatoms. The van der Waals surface area contributed by atoms with E-state index in [1.807, 2.05) is 31.2 Å². The van der Waals surface area contributed by atoms with Crippen LogP contribution in [0.4, 0.5) is 5.69 Å². The first-order valence-electron chi connectivity index (χ1n) is 7.96. The van der Waals surface area contributed by atoms with E-state index in [0.29, 0.717) is 11.6 Å². The maximum Gasteiger partial charge on any atom is 0.245 e. The van der Waals surface area contributed by atoms with E-state index in [1.165, 1.54) is 28.6 Å². The molecule has 3 rings (SSSR count). The molecular weight excluding hydrogens is 360 g/mol. The summed E-state index contributed by atoms with van der Waals surface area (Å²) in [5.74, 6) is -0.227. The van der Waals surface area contributed by atoms with Crippen LogP contribution in [0.1, 0.15) is 12.5 Å². The molecule has 1 aliphatic heterocycles. The number of carbonyl (C=O) groups excluding carboxylic acids is 1. The van der Waals surface area contributed by atoms with Crippen LogP contribution in [0.2, 0.25) is 5.02 Å². The molecule has 0 N–H and O–H groups in total. The van der Waals surface area contributed by atoms with Crippen LogP contribution in [-0.2, 0) is 14.8 Å². The predicted molar refractivity (Wildman–Crippen MR) is 98.3 cm³/mol. The third-order valence-electron chi connectivity index (χ3n) is 4.33. The van der Waals surface area contributed by atoms with Crippen molar-refractivity contribution < 1.29 is 13.2 Å². The van der Waals surface area contributed by atoms with Gasteiger partial charge in [-0.2, -0.15) is 4.31 Å². The first-order chi connectivity index (χ1) is 11.8. The third kappa shape index (κ3) is 3.42. The number of rotatable bonds is 3. The van der Waals surface area contributed by atoms with Gasteiger partial charge in [0.25, 0.3) is 0 Å². The molecule has 5 nitrogen and oxygen atoms in total. The minimum absolute atomic E-state index is 0.139. The zero-order valence-electron chi connectivity index (χ0n) is 14.0. The highest BCUT2D eigenvalue weighted by molar-refractivity contribution is 7.89. The van der Waals surface area contributed by atoms with Gasteiger partial charge in [0, 0.05) is 23.8 Å². The van der Waals surface area contributed by atoms with Crippen LogP contribution >= 0.6 is 11.6 Å². The van der Waals surface area contributed by atoms with E-state index in [9.17, 15) is 13.2 Å². The summed E-state index contributed by atoms with van der Waals surface area (Å²) in [6, 6.07) is 12.8. The van der Waals surface area contributed by atoms with Gasteiger partial charge in [0.1, 0.15) is 6.04 Å². The Hall–Kier alpha value is -1.89. The molecule has 1 aliphatic rings. The summed E-state index contributed by atoms with van der Waals surface area (Å²) in [5.41, 5.74) is 1.84. The number of amides is 1. The average Bonchev–Trinajstić information content (AvgIpc) is 2.57. The van der Waals surface area contributed by atoms with E-state index in [-0.39, 0.29) is 17.3 Å². The number of aryl methyl sites for hydroxylation is 1. The van der Waals surface area contributed by atoms with Crippen molar-refractivity contribution in [3.05, 3.63) is 59.1 Å². The molecular formula is C18H19ClN2O3S. The van der Waals surface area contributed by atoms with E-state index in [0.717, 1.165) is 11.3 Å². The van der Waals surface area contributed by atoms with Crippen molar-refractivity contribution in [2.45, 2.75) is 24.8 Å². The number of anilines is 1. The van der Waals surface area contributed by atoms with Crippen LogP contribution in [0.5, 0.6) is 0 Å². The Labute approximate surface area is 152 Å². The molecule has 0 aliphatic carbocycles. The van der Waals surface area contributed by atoms with Crippen molar-refractivity contribution in [2.75, 3.05) is 18.0 Å². The van der Waals surface area contributed by atoms with Crippen molar-refractivity contribution in [3.63, 3.8) is 0 Å². The van der Waals surface area contributed by atoms with Crippen LogP contribution in [0.25, 0.3) is 0 Å². The minimum Gasteiger partial charge on any atom is -0.310 e. The molecule has 1 atom stereocenters. The number of halogens is 1. The lowest BCUT2D eigenvalue weighted by molar-refractivity contribution is -0.123. The first kappa shape index (κ1) is 17.9. The third-order valence-corrected chi connectivity index (χ3v) is 6.57. The molecule has 0 bridgehead atoms. The molecule has 2 aromatic rings. The minimum atomic E-state index is -3.75. The second-order valence-electron chi connectivity index (χ2n) is 6.07. The summed E-state index contributed by atoms with van der Waals surface area (Å²) in [7, 11) is -3.75. The van der Waals surface area contributed by atoms with Gasteiger partial charge < -0.3 is 4.90 Å². The molecule has 1 saturated heterocycles. The van der Waals surface area contributed by atoms with Crippen LogP contribution in [-0.4, -0.2) is 37.8 Å². The largest absolute Gasteiger partial charge is 0.310 e. The smallest absolute Gasteiger partial charge is 0.245 e. The summed E-state index contributed by atoms with van der Waals surface area (Å²) in [6.45, 7) is 4.14. The average molecular weight is 379 g/mol. The Bertz CT molecular complexity index is 897. The highest BCUT2D eigenvalue weighted by Gasteiger charge is 2.39. The number of hydrogen-bond acceptors (Lipinski definition) is 3. The molecule has 0 radical (unpaired) electrons. The zero-order chi connectivity index (χ0) is 18.2. The maximum absolute atomic E-state index is 12.9. The molecule has 2 aromatic carbocycles. The van der Waals surface area contributed by atoms with Gasteiger partial charge in [0.2, 0.25) is 15.9 Å². The van der Waals surface area contributed by atoms with E-state index in [4.69, 9.17) is 11.6 Å². The Morgan fingerprint density at radius 3 is 2.40 bits per heavy atom. The van der Waals surface area contributed by atoms with Crippen molar-refractivity contribution in [2.24, 2.45) is 0 Å². The number of carbonyl (C=O) groups is 1. The Kier molecular flexibility index (Phi) is 4.86. The lowest BCUT2D eigenvalue weighted by atomic mass is 10.1. The number of piperazine rings is 1. The van der Waals surface area contributed by atoms with Crippen LogP contribution in [0.3, 0.4) is 0 Å². The first-order valence-corrected chi connectivity index (χ1v) is 9.78. The monoisotopic (exact) mass is 378 g/mol. The van der Waals surface area contributed by atoms with E-state index in [2.05, 4.69) is 0 Å². The summed E-state index contributed by atoms with van der Waals surface area (Å²) >= 11 is 5.83. The van der Waals surface area contributed by atoms with Crippen molar-refractivity contribution in [1.82, 2.24) is 4.31 Å². The van der Waals surface area contributed by atoms with Crippen molar-refractivity contribution in [3.8, 4) is 0 Å². The van der Waals surface area contributed by atoms with Gasteiger partial charge in [-0.1, -0.05) is 23.7 Å². The number of nitrogens with zero attached hydrogens (tertiary/aromatic N) is 2. The molecule has 0 saturated carbocycles. The van der Waals surface area contributed by atoms with Gasteiger partial charge in [-0.25, -0.2) is 8.42 Å². The van der Waals surface area contributed by atoms with Crippen LogP contribution < -0.4 is 4.90 Å². The van der Waals surface area contributed by atoms with Gasteiger partial charge in [0.05, 0.1) is 4.90 Å². The molecule has 25 heavy (non-hydrogen) atoms. The lowest BCUT2D eigenvalue weighted by Gasteiger charge is -2.38. The summed E-state index contributed by atoms with van der Waals surface area (Å²) in [6.07, 6.45) is 0. The predicted octanol–water partition coefficient (Wildman–Crippen LogP) is 3.07. The second kappa shape index (κ2) is 6.78. The highest BCUT2D eigenvalue weighted by atomic mass is 35.5. The van der Waals surface area contributed by atoms with Crippen molar-refractivity contribution in [1.29, 1.82) is 0 Å². The molecule has 132 valence electrons. The van der Waals surface area contributed by atoms with E-state index in [1.54, 1.807) is 11.8 Å². The van der Waals surface area contributed by atoms with Gasteiger partial charge in [-0.05, 0) is 55.8 Å². The standard InChI is InChI=1S/C18H19ClN2O3S/c1-13-4-3-5-16(12-13)20-10-11-21(14(2)18(20)22)25(23,24)17-8-6-15(19)7-9-17/h3-9,12,14H,10-11H2,1-2H3. The quantitative estimate of drug-likeness (QED) is 0.824. The number of benzene rings is 2. The Balaban J connectivity index is 1.87. The Morgan fingerprint density at radius 1 is 1.08 bits per heavy atom. The molecule has 0 aromatic heterocycles. The molecule has 1 amide bonds. The number of sulfonamides is 1. The zero-order valence-corrected chi connectivity index (χ0v) is 15.6. The van der Waals surface area contributed by atoms with Crippen LogP contribution in [0, 0.1) is 6.92 Å². The second-order valence-corrected chi connectivity index (χ2v) is 8.40. The fraction of sp³-hybridized carbons (Fsp3) is 0.278. The molecule has 1 heterocycles. The van der Waals surface area contributed by atoms with Gasteiger partial charge in [-0.15, -0.1) is 0 Å². The fourth-order valence-electron chi connectivity index (χ4n) is 2.97. The Morgan fingerprint density at radius 2 is 1.76 bits per heavy atom. The summed E-state index contributed by atoms with van der Waals surface area (Å²) < 4.78 is 27.0. The van der Waals surface area contributed by atoms with Gasteiger partial charge in [-0.3, -0.25) is 4.79 Å². The van der Waals surface area contributed by atoms with E-state index < -0.39 is 16.1 Å². The fourth-order valence-corrected chi connectivity index (χ4v) is 4.68. The maximum atomic E-state index is 12.9. The van der Waals surface area contributed by atoms with Gasteiger partial charge >= 0.3 is 0 Å². The molecule has 1 unspecified atom stereocenters. The summed E-state index contributed by atoms with van der Waals surface area (Å²) in [4.78, 5) is 14.6. The SMILES string of the molecule is Cc1cccc(N2CCN(S(=O)(=O)c3ccc(Cl)cc3)C(C)C2=O)c1. The van der Waals surface area contributed by atoms with E-state index >= 15 is 0 Å². The normalized spacial score (nSPS) is 19.2. The lowest BCUT2D eigenvalue weighted by Crippen LogP contribution is -2.57. The molecule has 0 spiro atoms. The summed E-state index contributed by atoms with van der Waals surface area (Å²) in [5, 5.41) is 0.465. The van der Waals surface area contributed by atoms with Gasteiger partial charge in [0.15, 0.2) is 0 Å². The van der Waals surface area contributed by atoms with Crippen LogP contribution in [0.15, 0.2) is 53.4 Å². The number of hydrogen-bond donors (Lipinski definition) is 0. The van der Waals surface area contributed by atoms with Crippen molar-refractivity contribution >= 4 is 33.2 Å². The highest BCUT2D eigenvalue weighted by Crippen LogP contribution is 2.26. The molecule has 1 fully saturated rings.